The summed E-state index contributed by atoms with van der Waals surface area (Å²) < 4.78 is 5.76. The lowest BCUT2D eigenvalue weighted by atomic mass is 9.38. The molecule has 1 spiro atoms. The van der Waals surface area contributed by atoms with E-state index in [1.54, 1.807) is 20.8 Å². The van der Waals surface area contributed by atoms with Gasteiger partial charge in [-0.25, -0.2) is 0 Å². The fourth-order valence-electron chi connectivity index (χ4n) is 7.75. The number of fused-ring (bicyclic) bond motifs is 3. The lowest BCUT2D eigenvalue weighted by Crippen LogP contribution is -2.71. The number of carbonyl (C=O) groups is 2. The van der Waals surface area contributed by atoms with Crippen molar-refractivity contribution in [2.45, 2.75) is 91.3 Å². The Morgan fingerprint density at radius 3 is 2.45 bits per heavy atom. The number of carboxylic acids is 1. The molecule has 0 saturated heterocycles. The van der Waals surface area contributed by atoms with Crippen LogP contribution in [0.2, 0.25) is 0 Å². The van der Waals surface area contributed by atoms with Gasteiger partial charge in [-0.05, 0) is 70.6 Å². The molecule has 2 N–H and O–H groups in total. The third-order valence-electron chi connectivity index (χ3n) is 9.54. The molecule has 0 aromatic carbocycles. The van der Waals surface area contributed by atoms with E-state index in [2.05, 4.69) is 19.9 Å². The van der Waals surface area contributed by atoms with Crippen LogP contribution in [0.1, 0.15) is 79.6 Å². The van der Waals surface area contributed by atoms with E-state index < -0.39 is 28.5 Å². The van der Waals surface area contributed by atoms with Crippen LogP contribution < -0.4 is 0 Å². The van der Waals surface area contributed by atoms with Gasteiger partial charge in [-0.1, -0.05) is 32.4 Å². The number of aliphatic hydroxyl groups is 1. The number of ether oxygens (including phenoxy) is 1. The molecule has 2 bridgehead atoms. The molecule has 0 radical (unpaired) electrons. The van der Waals surface area contributed by atoms with E-state index in [1.165, 1.54) is 5.57 Å². The molecule has 0 aliphatic heterocycles. The van der Waals surface area contributed by atoms with Gasteiger partial charge in [0.25, 0.3) is 0 Å². The van der Waals surface area contributed by atoms with Gasteiger partial charge in [-0.15, -0.1) is 0 Å². The van der Waals surface area contributed by atoms with Crippen LogP contribution in [0.3, 0.4) is 0 Å². The monoisotopic (exact) mass is 404 g/mol. The first-order valence-electron chi connectivity index (χ1n) is 11.3. The zero-order valence-corrected chi connectivity index (χ0v) is 18.5. The summed E-state index contributed by atoms with van der Waals surface area (Å²) in [4.78, 5) is 24.9. The highest BCUT2D eigenvalue weighted by Gasteiger charge is 2.73. The Labute approximate surface area is 173 Å². The molecule has 0 heterocycles. The van der Waals surface area contributed by atoms with Crippen molar-refractivity contribution in [1.29, 1.82) is 0 Å². The number of carbonyl (C=O) groups excluding carboxylic acids is 1. The summed E-state index contributed by atoms with van der Waals surface area (Å²) in [5, 5.41) is 22.6. The number of esters is 1. The van der Waals surface area contributed by atoms with Crippen LogP contribution in [-0.2, 0) is 14.3 Å². The normalized spacial score (nSPS) is 48.5. The summed E-state index contributed by atoms with van der Waals surface area (Å²) in [5.41, 5.74) is -1.44. The molecule has 4 aliphatic carbocycles. The molecule has 5 heteroatoms. The van der Waals surface area contributed by atoms with E-state index in [-0.39, 0.29) is 23.2 Å². The van der Waals surface area contributed by atoms with Crippen LogP contribution in [0.5, 0.6) is 0 Å². The highest BCUT2D eigenvalue weighted by atomic mass is 16.5. The molecule has 29 heavy (non-hydrogen) atoms. The zero-order valence-electron chi connectivity index (χ0n) is 18.5. The van der Waals surface area contributed by atoms with Crippen molar-refractivity contribution in [1.82, 2.24) is 0 Å². The van der Waals surface area contributed by atoms with Crippen molar-refractivity contribution in [2.24, 2.45) is 34.0 Å². The van der Waals surface area contributed by atoms with E-state index in [9.17, 15) is 19.8 Å². The molecule has 7 atom stereocenters. The molecule has 0 amide bonds. The molecular weight excluding hydrogens is 368 g/mol. The van der Waals surface area contributed by atoms with Crippen molar-refractivity contribution in [2.75, 3.05) is 0 Å². The van der Waals surface area contributed by atoms with E-state index in [4.69, 9.17) is 4.74 Å². The summed E-state index contributed by atoms with van der Waals surface area (Å²) >= 11 is 0. The highest BCUT2D eigenvalue weighted by molar-refractivity contribution is 5.78. The zero-order chi connectivity index (χ0) is 21.4. The lowest BCUT2D eigenvalue weighted by Gasteiger charge is -2.68. The second-order valence-corrected chi connectivity index (χ2v) is 11.1. The maximum atomic E-state index is 12.6. The van der Waals surface area contributed by atoms with Crippen molar-refractivity contribution < 1.29 is 24.5 Å². The van der Waals surface area contributed by atoms with Crippen LogP contribution in [0.25, 0.3) is 0 Å². The number of hydrogen-bond donors (Lipinski definition) is 2. The van der Waals surface area contributed by atoms with Crippen LogP contribution in [-0.4, -0.2) is 33.9 Å². The van der Waals surface area contributed by atoms with Gasteiger partial charge < -0.3 is 14.9 Å². The minimum atomic E-state index is -1.19. The Bertz CT molecular complexity index is 771. The van der Waals surface area contributed by atoms with Gasteiger partial charge in [0.05, 0.1) is 11.5 Å². The SMILES string of the molecule is CC1=C[C@@]23CC[C@@H]4[C@](C)(C(=O)O)[C@H](OC(=O)C(C)C)CC[C@@]4(C)[C@]2(O)CC[C@@H]1C3. The Balaban J connectivity index is 1.75. The van der Waals surface area contributed by atoms with Gasteiger partial charge in [0.15, 0.2) is 0 Å². The number of aliphatic carboxylic acids is 1. The minimum Gasteiger partial charge on any atom is -0.481 e. The molecule has 5 nitrogen and oxygen atoms in total. The summed E-state index contributed by atoms with van der Waals surface area (Å²) in [5.74, 6) is -1.22. The standard InChI is InChI=1S/C24H36O5/c1-14(2)19(25)29-18-8-9-21(4)17(22(18,5)20(26)27)7-10-23-12-15(3)16(13-23)6-11-24(21,23)28/h12,14,16-18,28H,6-11,13H2,1-5H3,(H,26,27)/t16-,17+,18-,21-,22+,23-,24-/m1/s1. The van der Waals surface area contributed by atoms with Gasteiger partial charge in [-0.3, -0.25) is 9.59 Å². The van der Waals surface area contributed by atoms with Crippen molar-refractivity contribution in [3.63, 3.8) is 0 Å². The molecule has 4 rings (SSSR count). The largest absolute Gasteiger partial charge is 0.481 e. The average molecular weight is 405 g/mol. The second-order valence-electron chi connectivity index (χ2n) is 11.1. The highest BCUT2D eigenvalue weighted by Crippen LogP contribution is 2.72. The van der Waals surface area contributed by atoms with E-state index in [1.807, 2.05) is 0 Å². The summed E-state index contributed by atoms with van der Waals surface area (Å²) in [7, 11) is 0. The lowest BCUT2D eigenvalue weighted by molar-refractivity contribution is -0.268. The molecule has 0 aromatic rings. The quantitative estimate of drug-likeness (QED) is 0.540. The molecule has 0 aromatic heterocycles. The van der Waals surface area contributed by atoms with E-state index in [0.29, 0.717) is 18.8 Å². The van der Waals surface area contributed by atoms with E-state index >= 15 is 0 Å². The van der Waals surface area contributed by atoms with Crippen molar-refractivity contribution in [3.05, 3.63) is 11.6 Å². The van der Waals surface area contributed by atoms with Gasteiger partial charge in [0, 0.05) is 10.8 Å². The second kappa shape index (κ2) is 6.32. The molecule has 4 aliphatic rings. The Kier molecular flexibility index (Phi) is 4.55. The van der Waals surface area contributed by atoms with Crippen molar-refractivity contribution in [3.8, 4) is 0 Å². The molecule has 0 unspecified atom stereocenters. The fourth-order valence-corrected chi connectivity index (χ4v) is 7.75. The number of hydrogen-bond acceptors (Lipinski definition) is 4. The van der Waals surface area contributed by atoms with Crippen LogP contribution in [0.4, 0.5) is 0 Å². The Hall–Kier alpha value is -1.36. The fraction of sp³-hybridized carbons (Fsp3) is 0.833. The van der Waals surface area contributed by atoms with Gasteiger partial charge >= 0.3 is 11.9 Å². The number of carboxylic acid groups (broad SMARTS) is 1. The Morgan fingerprint density at radius 2 is 1.83 bits per heavy atom. The smallest absolute Gasteiger partial charge is 0.313 e. The minimum absolute atomic E-state index is 0.229. The van der Waals surface area contributed by atoms with Crippen LogP contribution in [0.15, 0.2) is 11.6 Å². The summed E-state index contributed by atoms with van der Waals surface area (Å²) in [6.07, 6.45) is 7.10. The average Bonchev–Trinajstić information content (AvgIpc) is 2.92. The maximum Gasteiger partial charge on any atom is 0.313 e. The van der Waals surface area contributed by atoms with Gasteiger partial charge in [0.2, 0.25) is 0 Å². The van der Waals surface area contributed by atoms with Crippen LogP contribution in [0, 0.1) is 34.0 Å². The molecule has 3 saturated carbocycles. The summed E-state index contributed by atoms with van der Waals surface area (Å²) in [6.45, 7) is 9.59. The topological polar surface area (TPSA) is 83.8 Å². The first-order valence-corrected chi connectivity index (χ1v) is 11.3. The predicted molar refractivity (Wildman–Crippen MR) is 109 cm³/mol. The van der Waals surface area contributed by atoms with Gasteiger partial charge in [-0.2, -0.15) is 0 Å². The first-order chi connectivity index (χ1) is 13.4. The Morgan fingerprint density at radius 1 is 1.14 bits per heavy atom. The maximum absolute atomic E-state index is 12.6. The molecular formula is C24H36O5. The number of rotatable bonds is 3. The van der Waals surface area contributed by atoms with Crippen molar-refractivity contribution >= 4 is 11.9 Å². The third-order valence-corrected chi connectivity index (χ3v) is 9.54. The molecule has 162 valence electrons. The molecule has 3 fully saturated rings. The van der Waals surface area contributed by atoms with Gasteiger partial charge in [0.1, 0.15) is 11.5 Å². The summed E-state index contributed by atoms with van der Waals surface area (Å²) in [6, 6.07) is 0. The third kappa shape index (κ3) is 2.49. The van der Waals surface area contributed by atoms with Crippen LogP contribution >= 0.6 is 0 Å². The first kappa shape index (κ1) is 20.9. The number of allylic oxidation sites excluding steroid dienone is 1. The van der Waals surface area contributed by atoms with E-state index in [0.717, 1.165) is 32.1 Å². The predicted octanol–water partition coefficient (Wildman–Crippen LogP) is 4.33.